The van der Waals surface area contributed by atoms with E-state index in [2.05, 4.69) is 11.4 Å². The van der Waals surface area contributed by atoms with Gasteiger partial charge in [0.2, 0.25) is 0 Å². The number of halogens is 1. The molecule has 3 nitrogen and oxygen atoms in total. The maximum absolute atomic E-state index is 5.21. The van der Waals surface area contributed by atoms with Gasteiger partial charge >= 0.3 is 0 Å². The van der Waals surface area contributed by atoms with Crippen LogP contribution in [0.3, 0.4) is 0 Å². The molecule has 0 radical (unpaired) electrons. The van der Waals surface area contributed by atoms with Crippen LogP contribution in [-0.2, 0) is 6.42 Å². The Bertz CT molecular complexity index is 292. The van der Waals surface area contributed by atoms with Gasteiger partial charge in [0.05, 0.1) is 14.2 Å². The van der Waals surface area contributed by atoms with Gasteiger partial charge in [-0.25, -0.2) is 0 Å². The molecule has 15 heavy (non-hydrogen) atoms. The van der Waals surface area contributed by atoms with Crippen molar-refractivity contribution in [2.75, 3.05) is 27.8 Å². The van der Waals surface area contributed by atoms with Gasteiger partial charge in [0.15, 0.2) is 11.5 Å². The van der Waals surface area contributed by atoms with Crippen LogP contribution in [0.5, 0.6) is 11.5 Å². The molecule has 0 saturated heterocycles. The van der Waals surface area contributed by atoms with Gasteiger partial charge in [-0.3, -0.25) is 0 Å². The van der Waals surface area contributed by atoms with Crippen molar-refractivity contribution in [2.45, 2.75) is 6.42 Å². The van der Waals surface area contributed by atoms with E-state index in [4.69, 9.17) is 9.47 Å². The average molecular weight is 231 g/mol. The van der Waals surface area contributed by atoms with E-state index < -0.39 is 0 Å². The normalized spacial score (nSPS) is 9.27. The van der Waals surface area contributed by atoms with E-state index in [0.29, 0.717) is 0 Å². The molecule has 1 rings (SSSR count). The summed E-state index contributed by atoms with van der Waals surface area (Å²) in [5, 5.41) is 3.11. The van der Waals surface area contributed by atoms with Gasteiger partial charge in [-0.1, -0.05) is 6.07 Å². The van der Waals surface area contributed by atoms with E-state index in [1.54, 1.807) is 14.2 Å². The number of hydrogen-bond acceptors (Lipinski definition) is 3. The Morgan fingerprint density at radius 3 is 2.33 bits per heavy atom. The minimum atomic E-state index is 0. The third kappa shape index (κ3) is 3.98. The van der Waals surface area contributed by atoms with Crippen molar-refractivity contribution in [2.24, 2.45) is 0 Å². The van der Waals surface area contributed by atoms with Crippen molar-refractivity contribution in [1.29, 1.82) is 0 Å². The zero-order chi connectivity index (χ0) is 10.4. The first-order valence-corrected chi connectivity index (χ1v) is 4.67. The van der Waals surface area contributed by atoms with E-state index in [1.165, 1.54) is 5.56 Å². The zero-order valence-electron chi connectivity index (χ0n) is 9.34. The summed E-state index contributed by atoms with van der Waals surface area (Å²) in [4.78, 5) is 0. The topological polar surface area (TPSA) is 30.5 Å². The molecule has 86 valence electrons. The van der Waals surface area contributed by atoms with Gasteiger partial charge in [-0.15, -0.1) is 0 Å². The highest BCUT2D eigenvalue weighted by molar-refractivity contribution is 5.42. The molecule has 1 N–H and O–H groups in total. The summed E-state index contributed by atoms with van der Waals surface area (Å²) in [6.45, 7) is 0.968. The highest BCUT2D eigenvalue weighted by Crippen LogP contribution is 2.27. The van der Waals surface area contributed by atoms with Crippen LogP contribution in [-0.4, -0.2) is 27.8 Å². The number of ether oxygens (including phenoxy) is 2. The molecule has 0 heterocycles. The Morgan fingerprint density at radius 1 is 1.13 bits per heavy atom. The van der Waals surface area contributed by atoms with Crippen LogP contribution in [0.2, 0.25) is 0 Å². The van der Waals surface area contributed by atoms with Gasteiger partial charge in [0, 0.05) is 0 Å². The summed E-state index contributed by atoms with van der Waals surface area (Å²) in [5.41, 5.74) is 1.25. The van der Waals surface area contributed by atoms with Crippen molar-refractivity contribution in [1.82, 2.24) is 5.32 Å². The fourth-order valence-electron chi connectivity index (χ4n) is 1.31. The zero-order valence-corrected chi connectivity index (χ0v) is 10.1. The monoisotopic (exact) mass is 230 g/mol. The van der Waals surface area contributed by atoms with Gasteiger partial charge in [-0.05, 0) is 37.7 Å². The number of likely N-dealkylation sites (N-methyl/N-ethyl adjacent to an activating group) is 1. The SMILES string of the molecule is CNCCc1ccc(OC)c(OC)c1.[Cl-]. The number of nitrogens with one attached hydrogen (secondary N) is 1. The summed E-state index contributed by atoms with van der Waals surface area (Å²) in [6, 6.07) is 6.00. The van der Waals surface area contributed by atoms with E-state index in [-0.39, 0.29) is 12.4 Å². The molecular formula is C11H17ClNO2-. The fraction of sp³-hybridized carbons (Fsp3) is 0.455. The van der Waals surface area contributed by atoms with Crippen molar-refractivity contribution < 1.29 is 21.9 Å². The highest BCUT2D eigenvalue weighted by atomic mass is 35.5. The predicted molar refractivity (Wildman–Crippen MR) is 57.2 cm³/mol. The van der Waals surface area contributed by atoms with Crippen LogP contribution >= 0.6 is 0 Å². The van der Waals surface area contributed by atoms with Crippen LogP contribution in [0.15, 0.2) is 18.2 Å². The lowest BCUT2D eigenvalue weighted by Crippen LogP contribution is -3.00. The Balaban J connectivity index is 0.00000196. The quantitative estimate of drug-likeness (QED) is 0.666. The standard InChI is InChI=1S/C11H17NO2.ClH/c1-12-7-6-9-4-5-10(13-2)11(8-9)14-3;/h4-5,8,12H,6-7H2,1-3H3;1H/p-1. The molecule has 0 aromatic heterocycles. The molecule has 0 bridgehead atoms. The molecule has 0 fully saturated rings. The van der Waals surface area contributed by atoms with Crippen LogP contribution in [0.1, 0.15) is 5.56 Å². The van der Waals surface area contributed by atoms with Crippen LogP contribution < -0.4 is 27.2 Å². The second kappa shape index (κ2) is 7.37. The van der Waals surface area contributed by atoms with Crippen LogP contribution in [0.25, 0.3) is 0 Å². The molecule has 1 aromatic carbocycles. The van der Waals surface area contributed by atoms with Gasteiger partial charge in [-0.2, -0.15) is 0 Å². The molecule has 0 atom stereocenters. The molecule has 0 spiro atoms. The largest absolute Gasteiger partial charge is 1.00 e. The Labute approximate surface area is 97.2 Å². The van der Waals surface area contributed by atoms with Crippen LogP contribution in [0, 0.1) is 0 Å². The molecular weight excluding hydrogens is 214 g/mol. The molecule has 1 aromatic rings. The van der Waals surface area contributed by atoms with E-state index in [1.807, 2.05) is 19.2 Å². The number of rotatable bonds is 5. The molecule has 0 aliphatic rings. The number of methoxy groups -OCH3 is 2. The maximum atomic E-state index is 5.21. The lowest BCUT2D eigenvalue weighted by Gasteiger charge is -2.09. The minimum Gasteiger partial charge on any atom is -1.00 e. The first-order valence-electron chi connectivity index (χ1n) is 4.67. The fourth-order valence-corrected chi connectivity index (χ4v) is 1.31. The van der Waals surface area contributed by atoms with Gasteiger partial charge in [0.1, 0.15) is 0 Å². The number of benzene rings is 1. The Morgan fingerprint density at radius 2 is 1.80 bits per heavy atom. The molecule has 0 saturated carbocycles. The lowest BCUT2D eigenvalue weighted by atomic mass is 10.1. The van der Waals surface area contributed by atoms with Crippen molar-refractivity contribution in [3.8, 4) is 11.5 Å². The van der Waals surface area contributed by atoms with Crippen molar-refractivity contribution in [3.63, 3.8) is 0 Å². The summed E-state index contributed by atoms with van der Waals surface area (Å²) in [5.74, 6) is 1.57. The minimum absolute atomic E-state index is 0. The van der Waals surface area contributed by atoms with Crippen molar-refractivity contribution >= 4 is 0 Å². The maximum Gasteiger partial charge on any atom is 0.160 e. The summed E-state index contributed by atoms with van der Waals surface area (Å²) in [7, 11) is 5.24. The van der Waals surface area contributed by atoms with E-state index in [9.17, 15) is 0 Å². The average Bonchev–Trinajstić information content (AvgIpc) is 2.25. The summed E-state index contributed by atoms with van der Waals surface area (Å²) < 4.78 is 10.4. The Kier molecular flexibility index (Phi) is 6.92. The second-order valence-corrected chi connectivity index (χ2v) is 3.04. The first kappa shape index (κ1) is 14.1. The lowest BCUT2D eigenvalue weighted by molar-refractivity contribution is -0.00000353. The smallest absolute Gasteiger partial charge is 0.160 e. The predicted octanol–water partition coefficient (Wildman–Crippen LogP) is -1.53. The molecule has 0 aliphatic carbocycles. The third-order valence-corrected chi connectivity index (χ3v) is 2.11. The van der Waals surface area contributed by atoms with Crippen molar-refractivity contribution in [3.05, 3.63) is 23.8 Å². The first-order chi connectivity index (χ1) is 6.81. The second-order valence-electron chi connectivity index (χ2n) is 3.04. The van der Waals surface area contributed by atoms with E-state index >= 15 is 0 Å². The Hall–Kier alpha value is -0.930. The number of hydrogen-bond donors (Lipinski definition) is 1. The van der Waals surface area contributed by atoms with E-state index in [0.717, 1.165) is 24.5 Å². The summed E-state index contributed by atoms with van der Waals surface area (Å²) in [6.07, 6.45) is 0.997. The van der Waals surface area contributed by atoms with Crippen LogP contribution in [0.4, 0.5) is 0 Å². The highest BCUT2D eigenvalue weighted by Gasteiger charge is 2.03. The van der Waals surface area contributed by atoms with Gasteiger partial charge in [0.25, 0.3) is 0 Å². The molecule has 0 amide bonds. The third-order valence-electron chi connectivity index (χ3n) is 2.11. The molecule has 0 unspecified atom stereocenters. The summed E-state index contributed by atoms with van der Waals surface area (Å²) >= 11 is 0. The van der Waals surface area contributed by atoms with Gasteiger partial charge < -0.3 is 27.2 Å². The molecule has 4 heteroatoms. The molecule has 0 aliphatic heterocycles.